The number of nitrogens with one attached hydrogen (secondary N) is 1. The number of carbonyl (C=O) groups excluding carboxylic acids is 1. The average Bonchev–Trinajstić information content (AvgIpc) is 2.51. The van der Waals surface area contributed by atoms with Crippen molar-refractivity contribution in [3.8, 4) is 0 Å². The summed E-state index contributed by atoms with van der Waals surface area (Å²) in [5.74, 6) is -0.186. The zero-order valence-corrected chi connectivity index (χ0v) is 13.8. The highest BCUT2D eigenvalue weighted by Gasteiger charge is 2.14. The maximum atomic E-state index is 12.3. The normalized spacial score (nSPS) is 10.7. The number of hydrogen-bond acceptors (Lipinski definition) is 4. The fourth-order valence-electron chi connectivity index (χ4n) is 2.43. The molecule has 0 saturated heterocycles. The SMILES string of the molecule is Cc1cccc(C(C)C)c1NC(=O)Cn1cc([N+](=O)[O-])ccc1=O. The zero-order valence-electron chi connectivity index (χ0n) is 13.8. The average molecular weight is 329 g/mol. The highest BCUT2D eigenvalue weighted by molar-refractivity contribution is 5.92. The minimum Gasteiger partial charge on any atom is -0.324 e. The molecule has 1 amide bonds. The van der Waals surface area contributed by atoms with Crippen LogP contribution in [0.1, 0.15) is 30.9 Å². The molecule has 0 aliphatic rings. The number of pyridine rings is 1. The lowest BCUT2D eigenvalue weighted by molar-refractivity contribution is -0.385. The van der Waals surface area contributed by atoms with Gasteiger partial charge in [-0.2, -0.15) is 0 Å². The molecular weight excluding hydrogens is 310 g/mol. The minimum atomic E-state index is -0.605. The van der Waals surface area contributed by atoms with Gasteiger partial charge in [0.15, 0.2) is 0 Å². The fraction of sp³-hybridized carbons (Fsp3) is 0.294. The first kappa shape index (κ1) is 17.4. The lowest BCUT2D eigenvalue weighted by Gasteiger charge is -2.16. The van der Waals surface area contributed by atoms with Crippen LogP contribution < -0.4 is 10.9 Å². The highest BCUT2D eigenvalue weighted by Crippen LogP contribution is 2.27. The van der Waals surface area contributed by atoms with Gasteiger partial charge in [-0.25, -0.2) is 0 Å². The second-order valence-electron chi connectivity index (χ2n) is 5.85. The molecule has 126 valence electrons. The Balaban J connectivity index is 2.25. The zero-order chi connectivity index (χ0) is 17.9. The van der Waals surface area contributed by atoms with E-state index in [4.69, 9.17) is 0 Å². The Morgan fingerprint density at radius 3 is 2.62 bits per heavy atom. The van der Waals surface area contributed by atoms with E-state index in [1.54, 1.807) is 0 Å². The molecule has 0 fully saturated rings. The number of benzene rings is 1. The first-order valence-corrected chi connectivity index (χ1v) is 7.54. The van der Waals surface area contributed by atoms with Gasteiger partial charge in [0.2, 0.25) is 5.91 Å². The molecule has 0 spiro atoms. The summed E-state index contributed by atoms with van der Waals surface area (Å²) >= 11 is 0. The first-order chi connectivity index (χ1) is 11.3. The number of hydrogen-bond donors (Lipinski definition) is 1. The standard InChI is InChI=1S/C17H19N3O4/c1-11(2)14-6-4-5-12(3)17(14)18-15(21)10-19-9-13(20(23)24)7-8-16(19)22/h4-9,11H,10H2,1-3H3,(H,18,21). The van der Waals surface area contributed by atoms with E-state index >= 15 is 0 Å². The molecule has 24 heavy (non-hydrogen) atoms. The van der Waals surface area contributed by atoms with Crippen molar-refractivity contribution < 1.29 is 9.72 Å². The molecule has 0 atom stereocenters. The molecule has 7 heteroatoms. The Morgan fingerprint density at radius 2 is 2.00 bits per heavy atom. The predicted octanol–water partition coefficient (Wildman–Crippen LogP) is 2.83. The molecule has 0 unspecified atom stereocenters. The van der Waals surface area contributed by atoms with E-state index in [1.165, 1.54) is 0 Å². The Hall–Kier alpha value is -2.96. The van der Waals surface area contributed by atoms with Crippen LogP contribution >= 0.6 is 0 Å². The molecule has 1 aromatic carbocycles. The molecule has 7 nitrogen and oxygen atoms in total. The quantitative estimate of drug-likeness (QED) is 0.674. The van der Waals surface area contributed by atoms with Crippen molar-refractivity contribution >= 4 is 17.3 Å². The van der Waals surface area contributed by atoms with Gasteiger partial charge < -0.3 is 5.32 Å². The molecular formula is C17H19N3O4. The van der Waals surface area contributed by atoms with Gasteiger partial charge in [-0.1, -0.05) is 32.0 Å². The van der Waals surface area contributed by atoms with Crippen LogP contribution in [-0.2, 0) is 11.3 Å². The van der Waals surface area contributed by atoms with E-state index < -0.39 is 16.4 Å². The highest BCUT2D eigenvalue weighted by atomic mass is 16.6. The Bertz CT molecular complexity index is 840. The molecule has 1 heterocycles. The molecule has 1 N–H and O–H groups in total. The van der Waals surface area contributed by atoms with Crippen molar-refractivity contribution in [2.45, 2.75) is 33.2 Å². The molecule has 0 radical (unpaired) electrons. The second-order valence-corrected chi connectivity index (χ2v) is 5.85. The van der Waals surface area contributed by atoms with E-state index in [9.17, 15) is 19.7 Å². The number of para-hydroxylation sites is 1. The van der Waals surface area contributed by atoms with Crippen molar-refractivity contribution in [1.29, 1.82) is 0 Å². The van der Waals surface area contributed by atoms with Gasteiger partial charge in [0.25, 0.3) is 11.2 Å². The van der Waals surface area contributed by atoms with Crippen molar-refractivity contribution in [3.63, 3.8) is 0 Å². The Kier molecular flexibility index (Phi) is 5.13. The summed E-state index contributed by atoms with van der Waals surface area (Å²) < 4.78 is 1.03. The molecule has 0 saturated carbocycles. The van der Waals surface area contributed by atoms with Gasteiger partial charge in [0.05, 0.1) is 11.1 Å². The topological polar surface area (TPSA) is 94.2 Å². The third kappa shape index (κ3) is 3.87. The van der Waals surface area contributed by atoms with E-state index in [0.29, 0.717) is 0 Å². The van der Waals surface area contributed by atoms with Crippen molar-refractivity contribution in [2.24, 2.45) is 0 Å². The van der Waals surface area contributed by atoms with Crippen molar-refractivity contribution in [1.82, 2.24) is 4.57 Å². The monoisotopic (exact) mass is 329 g/mol. The Morgan fingerprint density at radius 1 is 1.29 bits per heavy atom. The fourth-order valence-corrected chi connectivity index (χ4v) is 2.43. The number of carbonyl (C=O) groups is 1. The van der Waals surface area contributed by atoms with Crippen LogP contribution in [0.25, 0.3) is 0 Å². The van der Waals surface area contributed by atoms with Crippen molar-refractivity contribution in [3.05, 3.63) is 68.1 Å². The van der Waals surface area contributed by atoms with Crippen LogP contribution in [0.15, 0.2) is 41.3 Å². The van der Waals surface area contributed by atoms with Crippen molar-refractivity contribution in [2.75, 3.05) is 5.32 Å². The number of anilines is 1. The number of nitro groups is 1. The van der Waals surface area contributed by atoms with E-state index in [0.717, 1.165) is 39.7 Å². The maximum Gasteiger partial charge on any atom is 0.285 e. The number of rotatable bonds is 5. The summed E-state index contributed by atoms with van der Waals surface area (Å²) in [4.78, 5) is 34.3. The predicted molar refractivity (Wildman–Crippen MR) is 91.3 cm³/mol. The summed E-state index contributed by atoms with van der Waals surface area (Å²) in [6.45, 7) is 5.65. The summed E-state index contributed by atoms with van der Waals surface area (Å²) in [6.07, 6.45) is 1.07. The van der Waals surface area contributed by atoms with Crippen LogP contribution in [0.5, 0.6) is 0 Å². The molecule has 1 aromatic heterocycles. The third-order valence-corrected chi connectivity index (χ3v) is 3.68. The molecule has 0 aliphatic heterocycles. The number of amides is 1. The third-order valence-electron chi connectivity index (χ3n) is 3.68. The number of aryl methyl sites for hydroxylation is 1. The lowest BCUT2D eigenvalue weighted by atomic mass is 9.98. The number of aromatic nitrogens is 1. The summed E-state index contributed by atoms with van der Waals surface area (Å²) in [7, 11) is 0. The van der Waals surface area contributed by atoms with Gasteiger partial charge in [-0.05, 0) is 24.0 Å². The first-order valence-electron chi connectivity index (χ1n) is 7.54. The van der Waals surface area contributed by atoms with E-state index in [-0.39, 0.29) is 18.2 Å². The summed E-state index contributed by atoms with van der Waals surface area (Å²) in [5.41, 5.74) is 1.93. The summed E-state index contributed by atoms with van der Waals surface area (Å²) in [6, 6.07) is 7.95. The van der Waals surface area contributed by atoms with Crippen LogP contribution in [0, 0.1) is 17.0 Å². The smallest absolute Gasteiger partial charge is 0.285 e. The molecule has 0 aliphatic carbocycles. The van der Waals surface area contributed by atoms with E-state index in [2.05, 4.69) is 5.32 Å². The Labute approximate surface area is 139 Å². The largest absolute Gasteiger partial charge is 0.324 e. The lowest BCUT2D eigenvalue weighted by Crippen LogP contribution is -2.27. The maximum absolute atomic E-state index is 12.3. The van der Waals surface area contributed by atoms with Gasteiger partial charge >= 0.3 is 0 Å². The number of nitrogens with zero attached hydrogens (tertiary/aromatic N) is 2. The molecule has 2 aromatic rings. The van der Waals surface area contributed by atoms with Crippen LogP contribution in [0.2, 0.25) is 0 Å². The second kappa shape index (κ2) is 7.08. The minimum absolute atomic E-state index is 0.223. The van der Waals surface area contributed by atoms with Crippen LogP contribution in [0.4, 0.5) is 11.4 Å². The van der Waals surface area contributed by atoms with Gasteiger partial charge in [-0.15, -0.1) is 0 Å². The van der Waals surface area contributed by atoms with E-state index in [1.807, 2.05) is 39.0 Å². The van der Waals surface area contributed by atoms with Gasteiger partial charge in [-0.3, -0.25) is 24.3 Å². The van der Waals surface area contributed by atoms with Gasteiger partial charge in [0, 0.05) is 17.8 Å². The molecule has 2 rings (SSSR count). The summed E-state index contributed by atoms with van der Waals surface area (Å²) in [5, 5.41) is 13.6. The molecule has 0 bridgehead atoms. The van der Waals surface area contributed by atoms with Gasteiger partial charge in [0.1, 0.15) is 6.54 Å². The van der Waals surface area contributed by atoms with Crippen LogP contribution in [0.3, 0.4) is 0 Å². The van der Waals surface area contributed by atoms with Crippen LogP contribution in [-0.4, -0.2) is 15.4 Å².